The van der Waals surface area contributed by atoms with E-state index in [0.29, 0.717) is 18.5 Å². The van der Waals surface area contributed by atoms with Crippen LogP contribution in [0.2, 0.25) is 0 Å². The summed E-state index contributed by atoms with van der Waals surface area (Å²) in [5.74, 6) is -0.0580. The first-order valence-corrected chi connectivity index (χ1v) is 30.0. The Morgan fingerprint density at radius 1 is 0.443 bits per heavy atom. The van der Waals surface area contributed by atoms with Crippen LogP contribution in [-0.4, -0.2) is 105 Å². The number of hydrogen-bond donors (Lipinski definition) is 2. The summed E-state index contributed by atoms with van der Waals surface area (Å²) in [5, 5.41) is 15.0. The zero-order chi connectivity index (χ0) is 51.9. The van der Waals surface area contributed by atoms with Crippen LogP contribution in [0.4, 0.5) is 0 Å². The number of carbonyl (C=O) groups is 1. The maximum Gasteiger partial charge on any atom is 0.306 e. The summed E-state index contributed by atoms with van der Waals surface area (Å²) in [6.45, 7) is 38.1. The normalized spacial score (nSPS) is 22.4. The van der Waals surface area contributed by atoms with Gasteiger partial charge in [-0.1, -0.05) is 130 Å². The number of hydrogen-bond acceptors (Lipinski definition) is 10. The van der Waals surface area contributed by atoms with Gasteiger partial charge >= 0.3 is 5.97 Å². The number of nitrogens with zero attached hydrogens (tertiary/aromatic N) is 3. The van der Waals surface area contributed by atoms with Crippen molar-refractivity contribution in [2.45, 2.75) is 354 Å². The van der Waals surface area contributed by atoms with Crippen LogP contribution in [0.3, 0.4) is 0 Å². The number of unbranched alkanes of at least 4 members (excludes halogenated alkanes) is 17. The molecule has 3 heterocycles. The van der Waals surface area contributed by atoms with Crippen molar-refractivity contribution in [3.05, 3.63) is 0 Å². The SMILES string of the molecule is CCCCCCCCON1C(C)(C)CC(NCCCCCC(CCC(=O)OC2CC(C)(C)N(OCCCCCCCC)C(C)(C)C2)NC2CC(C)(C)N(OCCCCCCCC)C(C)(C)C2)CC1(C)C. The van der Waals surface area contributed by atoms with Crippen molar-refractivity contribution in [3.63, 3.8) is 0 Å². The Bertz CT molecular complexity index is 1350. The van der Waals surface area contributed by atoms with Gasteiger partial charge in [0.2, 0.25) is 0 Å². The molecule has 0 aromatic heterocycles. The van der Waals surface area contributed by atoms with Gasteiger partial charge in [-0.2, -0.15) is 15.2 Å². The Hall–Kier alpha value is -0.850. The fourth-order valence-corrected chi connectivity index (χ4v) is 13.4. The van der Waals surface area contributed by atoms with Crippen molar-refractivity contribution >= 4 is 5.97 Å². The average Bonchev–Trinajstić information content (AvgIpc) is 3.24. The van der Waals surface area contributed by atoms with E-state index in [1.165, 1.54) is 103 Å². The van der Waals surface area contributed by atoms with Crippen LogP contribution in [0, 0.1) is 0 Å². The molecular formula is C60H119N5O5. The predicted molar refractivity (Wildman–Crippen MR) is 296 cm³/mol. The maximum atomic E-state index is 13.8. The summed E-state index contributed by atoms with van der Waals surface area (Å²) in [7, 11) is 0. The third-order valence-corrected chi connectivity index (χ3v) is 16.0. The standard InChI is InChI=1S/C60H119N5O5/c1-16-19-22-25-28-34-41-67-63-55(4,5)44-51(45-56(63,6)7)61-40-33-31-32-37-50(62-52-46-57(8,9)64(58(10,11)47-52)68-42-35-29-26-23-20-17-2)38-39-54(66)70-53-48-59(12,13)65(60(14,15)49-53)69-43-36-30-27-24-21-18-3/h50-53,61-62H,16-49H2,1-15H3. The second kappa shape index (κ2) is 31.3. The molecule has 10 heteroatoms. The Morgan fingerprint density at radius 3 is 1.19 bits per heavy atom. The first-order valence-electron chi connectivity index (χ1n) is 30.0. The topological polar surface area (TPSA) is 87.8 Å². The van der Waals surface area contributed by atoms with E-state index in [1.807, 2.05) is 0 Å². The van der Waals surface area contributed by atoms with Crippen LogP contribution >= 0.6 is 0 Å². The lowest BCUT2D eigenvalue weighted by Gasteiger charge is -2.54. The molecule has 414 valence electrons. The molecule has 2 N–H and O–H groups in total. The van der Waals surface area contributed by atoms with Crippen molar-refractivity contribution < 1.29 is 24.0 Å². The fourth-order valence-electron chi connectivity index (χ4n) is 13.4. The van der Waals surface area contributed by atoms with E-state index in [1.54, 1.807) is 0 Å². The lowest BCUT2D eigenvalue weighted by molar-refractivity contribution is -0.293. The lowest BCUT2D eigenvalue weighted by atomic mass is 9.78. The number of rotatable bonds is 37. The number of piperidine rings is 3. The van der Waals surface area contributed by atoms with Gasteiger partial charge in [0.15, 0.2) is 0 Å². The second-order valence-electron chi connectivity index (χ2n) is 26.5. The molecule has 0 aliphatic carbocycles. The zero-order valence-corrected chi connectivity index (χ0v) is 49.2. The van der Waals surface area contributed by atoms with Gasteiger partial charge in [-0.25, -0.2) is 0 Å². The molecule has 70 heavy (non-hydrogen) atoms. The fraction of sp³-hybridized carbons (Fsp3) is 0.983. The summed E-state index contributed by atoms with van der Waals surface area (Å²) in [5.41, 5.74) is -0.721. The van der Waals surface area contributed by atoms with Crippen LogP contribution < -0.4 is 10.6 Å². The monoisotopic (exact) mass is 990 g/mol. The molecule has 0 bridgehead atoms. The number of ether oxygens (including phenoxy) is 1. The lowest BCUT2D eigenvalue weighted by Crippen LogP contribution is -2.64. The third kappa shape index (κ3) is 22.6. The summed E-state index contributed by atoms with van der Waals surface area (Å²) in [6.07, 6.45) is 34.2. The predicted octanol–water partition coefficient (Wildman–Crippen LogP) is 15.4. The summed E-state index contributed by atoms with van der Waals surface area (Å²) >= 11 is 0. The highest BCUT2D eigenvalue weighted by Crippen LogP contribution is 2.42. The number of nitrogens with one attached hydrogen (secondary N) is 2. The van der Waals surface area contributed by atoms with E-state index in [2.05, 4.69) is 130 Å². The molecule has 3 fully saturated rings. The highest BCUT2D eigenvalue weighted by molar-refractivity contribution is 5.69. The minimum Gasteiger partial charge on any atom is -0.462 e. The Balaban J connectivity index is 1.57. The molecule has 1 atom stereocenters. The van der Waals surface area contributed by atoms with E-state index in [-0.39, 0.29) is 51.3 Å². The molecule has 0 spiro atoms. The van der Waals surface area contributed by atoms with Gasteiger partial charge in [-0.3, -0.25) is 19.3 Å². The summed E-state index contributed by atoms with van der Waals surface area (Å²) in [6, 6.07) is 1.07. The van der Waals surface area contributed by atoms with Gasteiger partial charge in [-0.15, -0.1) is 0 Å². The minimum atomic E-state index is -0.230. The molecule has 0 amide bonds. The van der Waals surface area contributed by atoms with E-state index in [4.69, 9.17) is 19.2 Å². The number of hydroxylamine groups is 6. The minimum absolute atomic E-state index is 0.0218. The van der Waals surface area contributed by atoms with Gasteiger partial charge in [0, 0.05) is 70.6 Å². The summed E-state index contributed by atoms with van der Waals surface area (Å²) < 4.78 is 6.39. The molecule has 3 aliphatic rings. The Morgan fingerprint density at radius 2 is 0.786 bits per heavy atom. The molecule has 3 aliphatic heterocycles. The van der Waals surface area contributed by atoms with Crippen molar-refractivity contribution in [1.82, 2.24) is 25.8 Å². The van der Waals surface area contributed by atoms with Gasteiger partial charge in [0.05, 0.1) is 19.8 Å². The Labute approximate surface area is 434 Å². The molecule has 10 nitrogen and oxygen atoms in total. The van der Waals surface area contributed by atoms with Crippen molar-refractivity contribution in [2.24, 2.45) is 0 Å². The molecule has 1 unspecified atom stereocenters. The first kappa shape index (κ1) is 63.4. The molecular weight excluding hydrogens is 871 g/mol. The number of carbonyl (C=O) groups excluding carboxylic acids is 1. The molecule has 0 saturated carbocycles. The molecule has 0 radical (unpaired) electrons. The average molecular weight is 991 g/mol. The quantitative estimate of drug-likeness (QED) is 0.0463. The van der Waals surface area contributed by atoms with Crippen molar-refractivity contribution in [3.8, 4) is 0 Å². The van der Waals surface area contributed by atoms with E-state index < -0.39 is 0 Å². The van der Waals surface area contributed by atoms with Gasteiger partial charge < -0.3 is 15.4 Å². The molecule has 0 aromatic carbocycles. The van der Waals surface area contributed by atoms with Crippen LogP contribution in [0.15, 0.2) is 0 Å². The largest absolute Gasteiger partial charge is 0.462 e. The smallest absolute Gasteiger partial charge is 0.306 e. The zero-order valence-electron chi connectivity index (χ0n) is 49.2. The van der Waals surface area contributed by atoms with Gasteiger partial charge in [0.25, 0.3) is 0 Å². The van der Waals surface area contributed by atoms with Crippen LogP contribution in [-0.2, 0) is 24.0 Å². The maximum absolute atomic E-state index is 13.8. The van der Waals surface area contributed by atoms with E-state index in [9.17, 15) is 4.79 Å². The van der Waals surface area contributed by atoms with E-state index in [0.717, 1.165) is 110 Å². The number of esters is 1. The van der Waals surface area contributed by atoms with E-state index >= 15 is 0 Å². The second-order valence-corrected chi connectivity index (χ2v) is 26.5. The third-order valence-electron chi connectivity index (χ3n) is 16.0. The molecule has 0 aromatic rings. The Kier molecular flexibility index (Phi) is 28.3. The molecule has 3 rings (SSSR count). The van der Waals surface area contributed by atoms with Crippen LogP contribution in [0.1, 0.15) is 296 Å². The summed E-state index contributed by atoms with van der Waals surface area (Å²) in [4.78, 5) is 33.5. The first-order chi connectivity index (χ1) is 33.0. The van der Waals surface area contributed by atoms with Crippen LogP contribution in [0.5, 0.6) is 0 Å². The van der Waals surface area contributed by atoms with Crippen LogP contribution in [0.25, 0.3) is 0 Å². The van der Waals surface area contributed by atoms with Gasteiger partial charge in [-0.05, 0) is 154 Å². The molecule has 3 saturated heterocycles. The van der Waals surface area contributed by atoms with Gasteiger partial charge in [0.1, 0.15) is 6.10 Å². The highest BCUT2D eigenvalue weighted by atomic mass is 16.7. The van der Waals surface area contributed by atoms with Crippen molar-refractivity contribution in [1.29, 1.82) is 0 Å². The highest BCUT2D eigenvalue weighted by Gasteiger charge is 2.49. The van der Waals surface area contributed by atoms with Crippen molar-refractivity contribution in [2.75, 3.05) is 26.4 Å².